The average molecular weight is 756 g/mol. The fourth-order valence-electron chi connectivity index (χ4n) is 6.12. The molecule has 2 unspecified atom stereocenters. The van der Waals surface area contributed by atoms with Gasteiger partial charge in [-0.3, -0.25) is 15.0 Å². The van der Waals surface area contributed by atoms with Crippen molar-refractivity contribution in [2.45, 2.75) is 65.1 Å². The van der Waals surface area contributed by atoms with E-state index in [1.54, 1.807) is 32.9 Å². The molecular weight excluding hydrogens is 715 g/mol. The molecule has 0 aromatic heterocycles. The van der Waals surface area contributed by atoms with Crippen LogP contribution in [0.3, 0.4) is 0 Å². The van der Waals surface area contributed by atoms with Gasteiger partial charge in [-0.25, -0.2) is 19.2 Å². The molecule has 10 radical (unpaired) electrons. The minimum absolute atomic E-state index is 0.00948. The Kier molecular flexibility index (Phi) is 16.3. The lowest BCUT2D eigenvalue weighted by atomic mass is 8.57. The van der Waals surface area contributed by atoms with Crippen LogP contribution in [0.5, 0.6) is 0 Å². The summed E-state index contributed by atoms with van der Waals surface area (Å²) in [6.07, 6.45) is -2.81. The molecule has 0 aliphatic carbocycles. The van der Waals surface area contributed by atoms with Crippen molar-refractivity contribution in [1.82, 2.24) is 25.8 Å². The molecular formula is C34H41B10N5O8. The minimum Gasteiger partial charge on any atom is -0.459 e. The Balaban J connectivity index is 1.53. The lowest BCUT2D eigenvalue weighted by Crippen LogP contribution is -2.64. The van der Waals surface area contributed by atoms with E-state index in [0.29, 0.717) is 0 Å². The van der Waals surface area contributed by atoms with Crippen LogP contribution in [0.2, 0.25) is 0 Å². The first kappa shape index (κ1) is 45.0. The second-order valence-electron chi connectivity index (χ2n) is 15.0. The lowest BCUT2D eigenvalue weighted by molar-refractivity contribution is -0.156. The Morgan fingerprint density at radius 1 is 0.930 bits per heavy atom. The van der Waals surface area contributed by atoms with E-state index in [4.69, 9.17) is 52.9 Å². The van der Waals surface area contributed by atoms with Crippen molar-refractivity contribution in [2.75, 3.05) is 19.6 Å². The average Bonchev–Trinajstić information content (AvgIpc) is 3.90. The third-order valence-electron chi connectivity index (χ3n) is 9.17. The topological polar surface area (TPSA) is 156 Å². The van der Waals surface area contributed by atoms with Gasteiger partial charge >= 0.3 is 24.2 Å². The molecule has 57 heavy (non-hydrogen) atoms. The number of carbonyl (C=O) groups is 5. The number of carbonyl (C=O) groups excluding carboxylic acids is 5. The van der Waals surface area contributed by atoms with Crippen molar-refractivity contribution in [1.29, 1.82) is 0 Å². The summed E-state index contributed by atoms with van der Waals surface area (Å²) in [7, 11) is 30.3. The highest BCUT2D eigenvalue weighted by atomic mass is 16.6. The van der Waals surface area contributed by atoms with E-state index in [-0.39, 0.29) is 39.3 Å². The number of esters is 1. The smallest absolute Gasteiger partial charge is 0.409 e. The first-order valence-electron chi connectivity index (χ1n) is 18.6. The number of amides is 5. The normalized spacial score (nSPS) is 14.9. The van der Waals surface area contributed by atoms with Gasteiger partial charge in [-0.15, -0.1) is 11.4 Å². The third-order valence-corrected chi connectivity index (χ3v) is 9.17. The van der Waals surface area contributed by atoms with Crippen LogP contribution in [0, 0.1) is 6.92 Å². The second-order valence-corrected chi connectivity index (χ2v) is 15.0. The predicted molar refractivity (Wildman–Crippen MR) is 229 cm³/mol. The van der Waals surface area contributed by atoms with Crippen LogP contribution in [0.1, 0.15) is 43.9 Å². The molecule has 0 fully saturated rings. The Bertz CT molecular complexity index is 1790. The van der Waals surface area contributed by atoms with Crippen LogP contribution in [0.25, 0.3) is 0 Å². The summed E-state index contributed by atoms with van der Waals surface area (Å²) in [4.78, 5) is 68.8. The fraction of sp³-hybridized carbons (Fsp3) is 0.382. The Morgan fingerprint density at radius 2 is 1.58 bits per heavy atom. The summed E-state index contributed by atoms with van der Waals surface area (Å²) in [5.41, 5.74) is 2.45. The predicted octanol–water partition coefficient (Wildman–Crippen LogP) is 0.0736. The molecule has 23 heteroatoms. The number of alkyl carbamates (subject to hydrolysis) is 2. The standard InChI is InChI=1S/C34H41B10N5O8/c1-23-10-12-25(13-11-23)21-55-30(51)27(18-26-19-40(26)44(42(37)38)43(39)41(35)36)49(17-15-45-32(53)57-34(2,3)4)29(50)20-48-16-14-28(46-31(48)52)47-33(54)56-22-24-8-6-5-7-9-24/h5-14,16,19,27-28H,15,17-18,20-22H2,1-4H3,(H,45,53)(H,46,52)(H,47,54). The Labute approximate surface area is 343 Å². The van der Waals surface area contributed by atoms with Crippen LogP contribution in [-0.2, 0) is 37.0 Å². The van der Waals surface area contributed by atoms with Gasteiger partial charge in [0.15, 0.2) is 0 Å². The summed E-state index contributed by atoms with van der Waals surface area (Å²) in [6.45, 7) is 5.81. The van der Waals surface area contributed by atoms with E-state index in [1.807, 2.05) is 55.4 Å². The highest BCUT2D eigenvalue weighted by Crippen LogP contribution is 2.29. The molecule has 280 valence electrons. The monoisotopic (exact) mass is 757 g/mol. The van der Waals surface area contributed by atoms with Gasteiger partial charge in [-0.05, 0) is 51.3 Å². The molecule has 4 rings (SSSR count). The van der Waals surface area contributed by atoms with E-state index in [2.05, 4.69) is 16.0 Å². The second kappa shape index (κ2) is 20.7. The number of rotatable bonds is 18. The van der Waals surface area contributed by atoms with Gasteiger partial charge in [-0.1, -0.05) is 60.2 Å². The quantitative estimate of drug-likeness (QED) is 0.110. The molecule has 5 amide bonds. The molecule has 2 aliphatic heterocycles. The highest BCUT2D eigenvalue weighted by molar-refractivity contribution is 8.01. The molecule has 3 N–H and O–H groups in total. The van der Waals surface area contributed by atoms with Crippen molar-refractivity contribution in [3.63, 3.8) is 0 Å². The van der Waals surface area contributed by atoms with Gasteiger partial charge in [-0.2, -0.15) is 0 Å². The summed E-state index contributed by atoms with van der Waals surface area (Å²) < 4.78 is 16.4. The number of hydrogen-bond acceptors (Lipinski definition) is 8. The first-order valence-corrected chi connectivity index (χ1v) is 18.6. The van der Waals surface area contributed by atoms with E-state index < -0.39 is 80.0 Å². The number of urea groups is 1. The van der Waals surface area contributed by atoms with Crippen molar-refractivity contribution in [3.8, 4) is 0 Å². The van der Waals surface area contributed by atoms with Crippen LogP contribution >= 0.6 is 0 Å². The summed E-state index contributed by atoms with van der Waals surface area (Å²) in [5, 5.41) is 7.75. The van der Waals surface area contributed by atoms with E-state index in [0.717, 1.165) is 27.1 Å². The number of nitrogens with one attached hydrogen (secondary N) is 3. The molecule has 0 spiro atoms. The van der Waals surface area contributed by atoms with Crippen molar-refractivity contribution in [2.24, 2.45) is 0 Å². The fourth-order valence-corrected chi connectivity index (χ4v) is 6.12. The largest absolute Gasteiger partial charge is 0.459 e. The Hall–Kier alpha value is -4.68. The maximum absolute atomic E-state index is 14.2. The van der Waals surface area contributed by atoms with E-state index in [1.165, 1.54) is 17.2 Å². The van der Waals surface area contributed by atoms with Crippen molar-refractivity contribution < 1.29 is 38.2 Å². The molecule has 2 aromatic carbocycles. The molecule has 2 aromatic rings. The summed E-state index contributed by atoms with van der Waals surface area (Å²) in [6, 6.07) is 14.5. The maximum atomic E-state index is 14.2. The number of nitrogens with zero attached hydrogens (tertiary/aromatic N) is 2. The highest BCUT2D eigenvalue weighted by Gasteiger charge is 2.46. The van der Waals surface area contributed by atoms with Gasteiger partial charge in [0.05, 0.1) is 0 Å². The minimum atomic E-state index is -1.23. The number of benzene rings is 2. The molecule has 2 heterocycles. The van der Waals surface area contributed by atoms with Gasteiger partial charge in [0.1, 0.15) is 44.2 Å². The zero-order chi connectivity index (χ0) is 41.9. The Morgan fingerprint density at radius 3 is 2.19 bits per heavy atom. The molecule has 0 saturated heterocycles. The van der Waals surface area contributed by atoms with E-state index in [9.17, 15) is 24.0 Å². The van der Waals surface area contributed by atoms with E-state index >= 15 is 0 Å². The van der Waals surface area contributed by atoms with Gasteiger partial charge in [0.2, 0.25) is 5.91 Å². The van der Waals surface area contributed by atoms with Crippen LogP contribution < -0.4 is 16.0 Å². The zero-order valence-corrected chi connectivity index (χ0v) is 32.8. The molecule has 13 nitrogen and oxygen atoms in total. The van der Waals surface area contributed by atoms with Gasteiger partial charge in [0, 0.05) is 83.5 Å². The molecule has 0 saturated carbocycles. The number of aryl methyl sites for hydroxylation is 1. The van der Waals surface area contributed by atoms with Crippen LogP contribution in [0.15, 0.2) is 78.3 Å². The molecule has 2 atom stereocenters. The number of hydrogen-bond donors (Lipinski definition) is 3. The summed E-state index contributed by atoms with van der Waals surface area (Å²) >= 11 is 0. The number of ether oxygens (including phenoxy) is 3. The maximum Gasteiger partial charge on any atom is 0.409 e. The van der Waals surface area contributed by atoms with Gasteiger partial charge < -0.3 is 29.7 Å². The van der Waals surface area contributed by atoms with Crippen molar-refractivity contribution in [3.05, 3.63) is 95.0 Å². The summed E-state index contributed by atoms with van der Waals surface area (Å²) in [5.74, 6) is 0.440. The SMILES string of the molecule is [B]B([B])B([B])B(B([B])[B])B1C=C1CC(C(=O)OCc1ccc(C)cc1)N(CCNC(=O)OC(C)(C)C)C(=O)CN1C=CC(NC(=O)OCc2ccccc2)NC1=O. The van der Waals surface area contributed by atoms with Crippen LogP contribution in [-0.4, -0.2) is 148 Å². The first-order chi connectivity index (χ1) is 26.9. The lowest BCUT2D eigenvalue weighted by Gasteiger charge is -2.34. The molecule has 2 aliphatic rings. The van der Waals surface area contributed by atoms with Crippen molar-refractivity contribution >= 4 is 101 Å². The third kappa shape index (κ3) is 14.3. The zero-order valence-electron chi connectivity index (χ0n) is 32.8. The van der Waals surface area contributed by atoms with Gasteiger partial charge in [0.25, 0.3) is 0 Å². The molecule has 0 bridgehead atoms. The van der Waals surface area contributed by atoms with Crippen LogP contribution in [0.4, 0.5) is 14.4 Å².